The first kappa shape index (κ1) is 13.5. The number of terminal acetylenes is 2. The molecule has 0 fully saturated rings. The van der Waals surface area contributed by atoms with Gasteiger partial charge in [-0.05, 0) is 12.1 Å². The summed E-state index contributed by atoms with van der Waals surface area (Å²) in [5, 5.41) is 0. The molecule has 1 heterocycles. The molecule has 90 valence electrons. The van der Waals surface area contributed by atoms with E-state index in [1.165, 1.54) is 0 Å². The van der Waals surface area contributed by atoms with Gasteiger partial charge in [0.15, 0.2) is 0 Å². The molecule has 0 bridgehead atoms. The minimum Gasteiger partial charge on any atom is -0.386 e. The van der Waals surface area contributed by atoms with Gasteiger partial charge in [-0.1, -0.05) is 24.0 Å². The Balaban J connectivity index is 0.000000203. The van der Waals surface area contributed by atoms with E-state index in [0.717, 1.165) is 0 Å². The standard InChI is InChI=1S/C8H4O3.C6H6O/c9-7-5-3-1-2-4-6(5)8(10)11-7;1-3-5-7-6-4-2/h1-4H;1-2H,5-6H2. The first-order chi connectivity index (χ1) is 8.70. The normalized spacial score (nSPS) is 11.4. The number of esters is 2. The molecular formula is C14H10O4. The van der Waals surface area contributed by atoms with Crippen LogP contribution in [0, 0.1) is 24.7 Å². The summed E-state index contributed by atoms with van der Waals surface area (Å²) in [6, 6.07) is 6.53. The Hall–Kier alpha value is -2.56. The predicted molar refractivity (Wildman–Crippen MR) is 64.7 cm³/mol. The fraction of sp³-hybridized carbons (Fsp3) is 0.143. The molecule has 2 rings (SSSR count). The summed E-state index contributed by atoms with van der Waals surface area (Å²) in [6.07, 6.45) is 9.65. The highest BCUT2D eigenvalue weighted by atomic mass is 16.6. The summed E-state index contributed by atoms with van der Waals surface area (Å²) in [6.45, 7) is 0.619. The molecule has 0 atom stereocenters. The molecule has 0 N–H and O–H groups in total. The highest BCUT2D eigenvalue weighted by Crippen LogP contribution is 2.18. The molecule has 0 saturated carbocycles. The van der Waals surface area contributed by atoms with Crippen LogP contribution in [-0.2, 0) is 9.47 Å². The van der Waals surface area contributed by atoms with E-state index in [-0.39, 0.29) is 0 Å². The van der Waals surface area contributed by atoms with Crippen molar-refractivity contribution in [1.29, 1.82) is 0 Å². The van der Waals surface area contributed by atoms with Crippen molar-refractivity contribution < 1.29 is 19.1 Å². The van der Waals surface area contributed by atoms with Crippen molar-refractivity contribution in [2.75, 3.05) is 13.2 Å². The van der Waals surface area contributed by atoms with E-state index >= 15 is 0 Å². The largest absolute Gasteiger partial charge is 0.386 e. The summed E-state index contributed by atoms with van der Waals surface area (Å²) >= 11 is 0. The maximum absolute atomic E-state index is 10.8. The van der Waals surface area contributed by atoms with Crippen LogP contribution < -0.4 is 0 Å². The lowest BCUT2D eigenvalue weighted by molar-refractivity contribution is 0.0444. The van der Waals surface area contributed by atoms with Crippen molar-refractivity contribution >= 4 is 11.9 Å². The number of carbonyl (C=O) groups excluding carboxylic acids is 2. The molecular weight excluding hydrogens is 232 g/mol. The van der Waals surface area contributed by atoms with Gasteiger partial charge in [0.1, 0.15) is 13.2 Å². The van der Waals surface area contributed by atoms with Gasteiger partial charge in [-0.15, -0.1) is 12.8 Å². The molecule has 1 aromatic carbocycles. The van der Waals surface area contributed by atoms with Crippen LogP contribution in [0.25, 0.3) is 0 Å². The van der Waals surface area contributed by atoms with Gasteiger partial charge in [0.25, 0.3) is 0 Å². The quantitative estimate of drug-likeness (QED) is 0.339. The Morgan fingerprint density at radius 2 is 1.44 bits per heavy atom. The van der Waals surface area contributed by atoms with Crippen LogP contribution in [0.1, 0.15) is 20.7 Å². The minimum atomic E-state index is -0.550. The lowest BCUT2D eigenvalue weighted by atomic mass is 10.1. The highest BCUT2D eigenvalue weighted by molar-refractivity contribution is 6.14. The van der Waals surface area contributed by atoms with Crippen molar-refractivity contribution in [1.82, 2.24) is 0 Å². The van der Waals surface area contributed by atoms with E-state index in [0.29, 0.717) is 24.3 Å². The van der Waals surface area contributed by atoms with Crippen LogP contribution in [0.3, 0.4) is 0 Å². The van der Waals surface area contributed by atoms with Gasteiger partial charge in [-0.3, -0.25) is 0 Å². The highest BCUT2D eigenvalue weighted by Gasteiger charge is 2.28. The van der Waals surface area contributed by atoms with Gasteiger partial charge in [0.2, 0.25) is 0 Å². The Morgan fingerprint density at radius 1 is 1.00 bits per heavy atom. The van der Waals surface area contributed by atoms with E-state index in [1.54, 1.807) is 24.3 Å². The van der Waals surface area contributed by atoms with Crippen LogP contribution in [0.5, 0.6) is 0 Å². The summed E-state index contributed by atoms with van der Waals surface area (Å²) in [7, 11) is 0. The molecule has 18 heavy (non-hydrogen) atoms. The molecule has 0 aliphatic carbocycles. The second kappa shape index (κ2) is 6.90. The smallest absolute Gasteiger partial charge is 0.346 e. The number of hydrogen-bond donors (Lipinski definition) is 0. The van der Waals surface area contributed by atoms with Crippen molar-refractivity contribution in [2.45, 2.75) is 0 Å². The molecule has 1 aliphatic heterocycles. The monoisotopic (exact) mass is 242 g/mol. The molecule has 4 heteroatoms. The van der Waals surface area contributed by atoms with Gasteiger partial charge in [-0.25, -0.2) is 9.59 Å². The maximum Gasteiger partial charge on any atom is 0.346 e. The summed E-state index contributed by atoms with van der Waals surface area (Å²) < 4.78 is 9.01. The van der Waals surface area contributed by atoms with Crippen molar-refractivity contribution in [3.05, 3.63) is 35.4 Å². The Labute approximate surface area is 105 Å². The molecule has 4 nitrogen and oxygen atoms in total. The Kier molecular flexibility index (Phi) is 5.18. The summed E-state index contributed by atoms with van der Waals surface area (Å²) in [4.78, 5) is 21.7. The Morgan fingerprint density at radius 3 is 1.83 bits per heavy atom. The second-order valence-electron chi connectivity index (χ2n) is 3.12. The number of cyclic esters (lactones) is 2. The molecule has 0 radical (unpaired) electrons. The van der Waals surface area contributed by atoms with Crippen molar-refractivity contribution in [3.8, 4) is 24.7 Å². The van der Waals surface area contributed by atoms with Crippen LogP contribution >= 0.6 is 0 Å². The zero-order chi connectivity index (χ0) is 13.4. The molecule has 0 aromatic heterocycles. The zero-order valence-electron chi connectivity index (χ0n) is 9.51. The fourth-order valence-corrected chi connectivity index (χ4v) is 1.20. The number of fused-ring (bicyclic) bond motifs is 1. The number of rotatable bonds is 2. The third-order valence-corrected chi connectivity index (χ3v) is 1.92. The van der Waals surface area contributed by atoms with E-state index in [4.69, 9.17) is 12.8 Å². The van der Waals surface area contributed by atoms with E-state index in [2.05, 4.69) is 21.3 Å². The van der Waals surface area contributed by atoms with Crippen molar-refractivity contribution in [2.24, 2.45) is 0 Å². The summed E-state index contributed by atoms with van der Waals surface area (Å²) in [5.74, 6) is 3.47. The van der Waals surface area contributed by atoms with Gasteiger partial charge in [0.05, 0.1) is 11.1 Å². The number of carbonyl (C=O) groups is 2. The van der Waals surface area contributed by atoms with Gasteiger partial charge in [0, 0.05) is 0 Å². The van der Waals surface area contributed by atoms with Crippen LogP contribution in [0.4, 0.5) is 0 Å². The van der Waals surface area contributed by atoms with Crippen LogP contribution in [0.15, 0.2) is 24.3 Å². The molecule has 1 aliphatic rings. The average molecular weight is 242 g/mol. The predicted octanol–water partition coefficient (Wildman–Crippen LogP) is 1.27. The lowest BCUT2D eigenvalue weighted by Gasteiger charge is -1.86. The fourth-order valence-electron chi connectivity index (χ4n) is 1.20. The van der Waals surface area contributed by atoms with Gasteiger partial charge in [-0.2, -0.15) is 0 Å². The van der Waals surface area contributed by atoms with E-state index in [9.17, 15) is 9.59 Å². The summed E-state index contributed by atoms with van der Waals surface area (Å²) in [5.41, 5.74) is 0.718. The number of hydrogen-bond acceptors (Lipinski definition) is 4. The second-order valence-corrected chi connectivity index (χ2v) is 3.12. The topological polar surface area (TPSA) is 52.6 Å². The third-order valence-electron chi connectivity index (χ3n) is 1.92. The Bertz CT molecular complexity index is 484. The average Bonchev–Trinajstić information content (AvgIpc) is 2.67. The lowest BCUT2D eigenvalue weighted by Crippen LogP contribution is -1.96. The van der Waals surface area contributed by atoms with E-state index < -0.39 is 11.9 Å². The third kappa shape index (κ3) is 3.48. The number of benzene rings is 1. The van der Waals surface area contributed by atoms with Gasteiger partial charge < -0.3 is 9.47 Å². The number of ether oxygens (including phenoxy) is 2. The maximum atomic E-state index is 10.8. The van der Waals surface area contributed by atoms with E-state index in [1.807, 2.05) is 0 Å². The van der Waals surface area contributed by atoms with Crippen molar-refractivity contribution in [3.63, 3.8) is 0 Å². The molecule has 0 amide bonds. The first-order valence-corrected chi connectivity index (χ1v) is 5.01. The van der Waals surface area contributed by atoms with Crippen LogP contribution in [-0.4, -0.2) is 25.2 Å². The SMILES string of the molecule is C#CCOCC#C.O=C1OC(=O)c2ccccc21. The molecule has 1 aromatic rings. The zero-order valence-corrected chi connectivity index (χ0v) is 9.51. The van der Waals surface area contributed by atoms with Gasteiger partial charge >= 0.3 is 11.9 Å². The van der Waals surface area contributed by atoms with Crippen LogP contribution in [0.2, 0.25) is 0 Å². The minimum absolute atomic E-state index is 0.310. The molecule has 0 unspecified atom stereocenters. The first-order valence-electron chi connectivity index (χ1n) is 5.01. The molecule has 0 saturated heterocycles. The molecule has 0 spiro atoms.